The van der Waals surface area contributed by atoms with Gasteiger partial charge in [0, 0.05) is 23.2 Å². The molecule has 3 rings (SSSR count). The number of aliphatic hydroxyl groups is 1. The van der Waals surface area contributed by atoms with Crippen molar-refractivity contribution in [3.8, 4) is 10.6 Å². The molecule has 0 saturated heterocycles. The molecule has 164 valence electrons. The highest BCUT2D eigenvalue weighted by atomic mass is 32.1. The third-order valence-corrected chi connectivity index (χ3v) is 5.98. The molecule has 0 aliphatic carbocycles. The van der Waals surface area contributed by atoms with Gasteiger partial charge in [-0.15, -0.1) is 11.3 Å². The number of thiazole rings is 2. The van der Waals surface area contributed by atoms with Crippen LogP contribution in [0.5, 0.6) is 0 Å². The molecule has 0 bridgehead atoms. The second-order valence-electron chi connectivity index (χ2n) is 6.58. The van der Waals surface area contributed by atoms with Crippen LogP contribution in [-0.2, 0) is 9.53 Å². The lowest BCUT2D eigenvalue weighted by Crippen LogP contribution is -2.26. The van der Waals surface area contributed by atoms with Gasteiger partial charge in [0.05, 0.1) is 29.8 Å². The molecule has 0 radical (unpaired) electrons. The van der Waals surface area contributed by atoms with E-state index in [4.69, 9.17) is 0 Å². The summed E-state index contributed by atoms with van der Waals surface area (Å²) in [6.45, 7) is 3.76. The van der Waals surface area contributed by atoms with Crippen LogP contribution in [0.15, 0.2) is 29.6 Å². The number of anilines is 3. The Bertz CT molecular complexity index is 1050. The first-order chi connectivity index (χ1) is 14.9. The highest BCUT2D eigenvalue weighted by Crippen LogP contribution is 2.35. The minimum absolute atomic E-state index is 0.129. The van der Waals surface area contributed by atoms with Gasteiger partial charge >= 0.3 is 5.97 Å². The van der Waals surface area contributed by atoms with Crippen LogP contribution in [0.3, 0.4) is 0 Å². The number of hydrogen-bond donors (Lipinski definition) is 4. The van der Waals surface area contributed by atoms with Gasteiger partial charge in [0.25, 0.3) is 5.91 Å². The monoisotopic (exact) mass is 461 g/mol. The molecule has 0 spiro atoms. The molecule has 0 aliphatic heterocycles. The molecule has 3 aromatic rings. The molecule has 1 amide bonds. The van der Waals surface area contributed by atoms with E-state index in [1.165, 1.54) is 29.8 Å². The fourth-order valence-corrected chi connectivity index (χ4v) is 4.42. The lowest BCUT2D eigenvalue weighted by atomic mass is 10.2. The molecule has 11 heteroatoms. The Morgan fingerprint density at radius 2 is 1.94 bits per heavy atom. The Hall–Kier alpha value is -3.02. The number of rotatable bonds is 9. The summed E-state index contributed by atoms with van der Waals surface area (Å²) in [6.07, 6.45) is -0.548. The van der Waals surface area contributed by atoms with Crippen LogP contribution in [0.4, 0.5) is 16.0 Å². The van der Waals surface area contributed by atoms with Crippen LogP contribution in [0.1, 0.15) is 29.4 Å². The van der Waals surface area contributed by atoms with E-state index in [1.54, 1.807) is 31.2 Å². The minimum atomic E-state index is -0.677. The minimum Gasteiger partial charge on any atom is -0.469 e. The van der Waals surface area contributed by atoms with Gasteiger partial charge in [-0.3, -0.25) is 9.59 Å². The number of aromatic nitrogens is 2. The first kappa shape index (κ1) is 22.7. The van der Waals surface area contributed by atoms with Crippen molar-refractivity contribution in [2.45, 2.75) is 26.5 Å². The van der Waals surface area contributed by atoms with Crippen LogP contribution in [0.25, 0.3) is 10.6 Å². The number of methoxy groups -OCH3 is 1. The summed E-state index contributed by atoms with van der Waals surface area (Å²) < 4.78 is 4.54. The quantitative estimate of drug-likeness (QED) is 0.282. The van der Waals surface area contributed by atoms with E-state index < -0.39 is 6.23 Å². The fraction of sp³-hybridized carbons (Fsp3) is 0.300. The van der Waals surface area contributed by atoms with Gasteiger partial charge in [-0.25, -0.2) is 9.97 Å². The maximum absolute atomic E-state index is 12.1. The first-order valence-electron chi connectivity index (χ1n) is 9.45. The molecule has 1 unspecified atom stereocenters. The summed E-state index contributed by atoms with van der Waals surface area (Å²) >= 11 is 2.90. The predicted octanol–water partition coefficient (Wildman–Crippen LogP) is 3.36. The Labute approximate surface area is 187 Å². The smallest absolute Gasteiger partial charge is 0.307 e. The van der Waals surface area contributed by atoms with Crippen molar-refractivity contribution in [1.82, 2.24) is 15.3 Å². The number of aryl methyl sites for hydroxylation is 1. The molecular formula is C20H23N5O4S2. The summed E-state index contributed by atoms with van der Waals surface area (Å²) in [7, 11) is 1.31. The van der Waals surface area contributed by atoms with E-state index in [2.05, 4.69) is 30.7 Å². The van der Waals surface area contributed by atoms with Crippen molar-refractivity contribution in [3.05, 3.63) is 40.9 Å². The van der Waals surface area contributed by atoms with E-state index in [9.17, 15) is 14.7 Å². The standard InChI is InChI=1S/C20H23N5O4S2/c1-11-17(31-20(22-11)23-12(2)26)15-10-30-19(25-15)24-14-6-4-13(5-7-14)18(28)21-9-8-16(27)29-3/h4-7,10,12,26H,8-9H2,1-3H3,(H,21,28)(H,22,23)(H,24,25). The zero-order valence-electron chi connectivity index (χ0n) is 17.3. The topological polar surface area (TPSA) is 125 Å². The van der Waals surface area contributed by atoms with Crippen LogP contribution < -0.4 is 16.0 Å². The van der Waals surface area contributed by atoms with Gasteiger partial charge in [-0.05, 0) is 38.1 Å². The van der Waals surface area contributed by atoms with Crippen molar-refractivity contribution in [3.63, 3.8) is 0 Å². The van der Waals surface area contributed by atoms with E-state index in [-0.39, 0.29) is 24.8 Å². The normalized spacial score (nSPS) is 11.6. The predicted molar refractivity (Wildman–Crippen MR) is 122 cm³/mol. The second-order valence-corrected chi connectivity index (χ2v) is 8.43. The fourth-order valence-electron chi connectivity index (χ4n) is 2.62. The summed E-state index contributed by atoms with van der Waals surface area (Å²) in [5.41, 5.74) is 2.94. The van der Waals surface area contributed by atoms with Gasteiger partial charge < -0.3 is 25.8 Å². The van der Waals surface area contributed by atoms with Crippen LogP contribution >= 0.6 is 22.7 Å². The Morgan fingerprint density at radius 1 is 1.19 bits per heavy atom. The van der Waals surface area contributed by atoms with Crippen LogP contribution in [0, 0.1) is 6.92 Å². The molecule has 1 aromatic carbocycles. The first-order valence-corrected chi connectivity index (χ1v) is 11.2. The third kappa shape index (κ3) is 6.23. The number of nitrogens with one attached hydrogen (secondary N) is 3. The molecule has 4 N–H and O–H groups in total. The lowest BCUT2D eigenvalue weighted by molar-refractivity contribution is -0.140. The average Bonchev–Trinajstić information content (AvgIpc) is 3.33. The zero-order valence-corrected chi connectivity index (χ0v) is 18.9. The Balaban J connectivity index is 1.60. The van der Waals surface area contributed by atoms with Crippen molar-refractivity contribution >= 4 is 50.5 Å². The lowest BCUT2D eigenvalue weighted by Gasteiger charge is -2.06. The van der Waals surface area contributed by atoms with Crippen molar-refractivity contribution in [2.24, 2.45) is 0 Å². The van der Waals surface area contributed by atoms with Crippen LogP contribution in [0.2, 0.25) is 0 Å². The highest BCUT2D eigenvalue weighted by Gasteiger charge is 2.14. The third-order valence-electron chi connectivity index (χ3n) is 4.11. The highest BCUT2D eigenvalue weighted by molar-refractivity contribution is 7.19. The van der Waals surface area contributed by atoms with Gasteiger partial charge in [0.2, 0.25) is 0 Å². The van der Waals surface area contributed by atoms with E-state index >= 15 is 0 Å². The molecular weight excluding hydrogens is 438 g/mol. The molecule has 2 aromatic heterocycles. The average molecular weight is 462 g/mol. The number of ether oxygens (including phenoxy) is 1. The van der Waals surface area contributed by atoms with Gasteiger partial charge in [0.15, 0.2) is 10.3 Å². The van der Waals surface area contributed by atoms with Crippen molar-refractivity contribution in [2.75, 3.05) is 24.3 Å². The maximum atomic E-state index is 12.1. The molecule has 0 fully saturated rings. The molecule has 31 heavy (non-hydrogen) atoms. The summed E-state index contributed by atoms with van der Waals surface area (Å²) in [4.78, 5) is 33.2. The van der Waals surface area contributed by atoms with E-state index in [1.807, 2.05) is 12.3 Å². The van der Waals surface area contributed by atoms with Crippen molar-refractivity contribution in [1.29, 1.82) is 0 Å². The summed E-state index contributed by atoms with van der Waals surface area (Å²) in [5.74, 6) is -0.624. The number of aliphatic hydroxyl groups excluding tert-OH is 1. The second kappa shape index (κ2) is 10.3. The maximum Gasteiger partial charge on any atom is 0.307 e. The molecule has 1 atom stereocenters. The van der Waals surface area contributed by atoms with E-state index in [0.717, 1.165) is 22.0 Å². The SMILES string of the molecule is COC(=O)CCNC(=O)c1ccc(Nc2nc(-c3sc(NC(C)O)nc3C)cs2)cc1. The van der Waals surface area contributed by atoms with E-state index in [0.29, 0.717) is 15.8 Å². The molecule has 9 nitrogen and oxygen atoms in total. The van der Waals surface area contributed by atoms with Gasteiger partial charge in [-0.2, -0.15) is 0 Å². The Morgan fingerprint density at radius 3 is 2.61 bits per heavy atom. The van der Waals surface area contributed by atoms with Gasteiger partial charge in [-0.1, -0.05) is 11.3 Å². The zero-order chi connectivity index (χ0) is 22.4. The Kier molecular flexibility index (Phi) is 7.55. The molecule has 0 aliphatic rings. The number of hydrogen-bond acceptors (Lipinski definition) is 10. The van der Waals surface area contributed by atoms with Crippen LogP contribution in [-0.4, -0.2) is 46.8 Å². The number of esters is 1. The number of amides is 1. The number of carbonyl (C=O) groups is 2. The summed E-state index contributed by atoms with van der Waals surface area (Å²) in [6, 6.07) is 6.98. The van der Waals surface area contributed by atoms with Gasteiger partial charge in [0.1, 0.15) is 6.23 Å². The number of nitrogens with zero attached hydrogens (tertiary/aromatic N) is 2. The molecule has 0 saturated carbocycles. The number of benzene rings is 1. The molecule has 2 heterocycles. The number of carbonyl (C=O) groups excluding carboxylic acids is 2. The largest absolute Gasteiger partial charge is 0.469 e. The summed E-state index contributed by atoms with van der Waals surface area (Å²) in [5, 5.41) is 21.6. The van der Waals surface area contributed by atoms with Crippen molar-refractivity contribution < 1.29 is 19.4 Å².